The van der Waals surface area contributed by atoms with Crippen LogP contribution >= 0.6 is 0 Å². The second-order valence-corrected chi connectivity index (χ2v) is 10.9. The minimum absolute atomic E-state index is 0.0707. The highest BCUT2D eigenvalue weighted by atomic mass is 16.2. The van der Waals surface area contributed by atoms with Crippen LogP contribution in [0, 0.1) is 0 Å². The molecular weight excluding hydrogens is 478 g/mol. The number of anilines is 4. The van der Waals surface area contributed by atoms with Crippen molar-refractivity contribution in [3.63, 3.8) is 0 Å². The first kappa shape index (κ1) is 26.4. The number of amides is 2. The van der Waals surface area contributed by atoms with Crippen molar-refractivity contribution >= 4 is 34.8 Å². The van der Waals surface area contributed by atoms with Gasteiger partial charge in [0.25, 0.3) is 5.91 Å². The molecule has 1 aliphatic carbocycles. The summed E-state index contributed by atoms with van der Waals surface area (Å²) in [5.74, 6) is 1.59. The van der Waals surface area contributed by atoms with Crippen molar-refractivity contribution in [3.8, 4) is 0 Å². The van der Waals surface area contributed by atoms with Gasteiger partial charge in [-0.1, -0.05) is 25.3 Å². The molecule has 0 spiro atoms. The molecule has 2 amide bonds. The first-order valence-electron chi connectivity index (χ1n) is 14.0. The van der Waals surface area contributed by atoms with Crippen molar-refractivity contribution < 1.29 is 9.59 Å². The molecule has 9 heteroatoms. The number of rotatable bonds is 7. The average molecular weight is 520 g/mol. The normalized spacial score (nSPS) is 21.3. The fourth-order valence-corrected chi connectivity index (χ4v) is 5.90. The zero-order valence-electron chi connectivity index (χ0n) is 22.9. The van der Waals surface area contributed by atoms with E-state index in [1.165, 1.54) is 19.3 Å². The van der Waals surface area contributed by atoms with E-state index in [2.05, 4.69) is 32.4 Å². The topological polar surface area (TPSA) is 84.0 Å². The molecule has 38 heavy (non-hydrogen) atoms. The maximum Gasteiger partial charge on any atom is 0.251 e. The van der Waals surface area contributed by atoms with E-state index in [4.69, 9.17) is 4.98 Å². The fourth-order valence-electron chi connectivity index (χ4n) is 5.90. The molecule has 2 aliphatic heterocycles. The van der Waals surface area contributed by atoms with Crippen molar-refractivity contribution in [1.29, 1.82) is 0 Å². The third-order valence-corrected chi connectivity index (χ3v) is 8.24. The van der Waals surface area contributed by atoms with Gasteiger partial charge in [-0.25, -0.2) is 4.98 Å². The fraction of sp³-hybridized carbons (Fsp3) is 0.552. The quantitative estimate of drug-likeness (QED) is 0.581. The summed E-state index contributed by atoms with van der Waals surface area (Å²) in [4.78, 5) is 39.5. The van der Waals surface area contributed by atoms with E-state index in [0.29, 0.717) is 24.0 Å². The molecule has 2 aromatic rings. The number of piperazine rings is 1. The van der Waals surface area contributed by atoms with E-state index in [1.54, 1.807) is 4.90 Å². The van der Waals surface area contributed by atoms with Crippen molar-refractivity contribution in [2.75, 3.05) is 68.5 Å². The number of hydrogen-bond acceptors (Lipinski definition) is 7. The lowest BCUT2D eigenvalue weighted by atomic mass is 9.92. The molecule has 9 nitrogen and oxygen atoms in total. The Bertz CT molecular complexity index is 1140. The molecule has 0 radical (unpaired) electrons. The van der Waals surface area contributed by atoms with Gasteiger partial charge >= 0.3 is 0 Å². The Hall–Kier alpha value is -3.17. The van der Waals surface area contributed by atoms with Gasteiger partial charge in [-0.3, -0.25) is 14.5 Å². The van der Waals surface area contributed by atoms with E-state index in [0.717, 1.165) is 62.8 Å². The first-order chi connectivity index (χ1) is 18.4. The van der Waals surface area contributed by atoms with E-state index >= 15 is 0 Å². The third-order valence-electron chi connectivity index (χ3n) is 8.24. The number of hydrogen-bond donors (Lipinski definition) is 2. The monoisotopic (exact) mass is 519 g/mol. The lowest BCUT2D eigenvalue weighted by Crippen LogP contribution is -2.55. The van der Waals surface area contributed by atoms with Gasteiger partial charge in [0.15, 0.2) is 5.82 Å². The Kier molecular flexibility index (Phi) is 8.14. The van der Waals surface area contributed by atoms with Gasteiger partial charge in [-0.15, -0.1) is 0 Å². The first-order valence-corrected chi connectivity index (χ1v) is 14.0. The van der Waals surface area contributed by atoms with Crippen LogP contribution in [-0.2, 0) is 4.79 Å². The molecular formula is C29H41N7O2. The van der Waals surface area contributed by atoms with E-state index < -0.39 is 0 Å². The van der Waals surface area contributed by atoms with Crippen molar-refractivity contribution in [2.24, 2.45) is 0 Å². The van der Waals surface area contributed by atoms with Gasteiger partial charge in [0.2, 0.25) is 5.91 Å². The molecule has 1 saturated heterocycles. The molecule has 3 heterocycles. The summed E-state index contributed by atoms with van der Waals surface area (Å²) < 4.78 is 0. The smallest absolute Gasteiger partial charge is 0.251 e. The van der Waals surface area contributed by atoms with Crippen LogP contribution in [-0.4, -0.2) is 92.0 Å². The second-order valence-electron chi connectivity index (χ2n) is 10.9. The predicted octanol–water partition coefficient (Wildman–Crippen LogP) is 3.31. The lowest BCUT2D eigenvalue weighted by Gasteiger charge is -2.44. The molecule has 0 bridgehead atoms. The number of likely N-dealkylation sites (N-methyl/N-ethyl adjacent to an activating group) is 2. The highest BCUT2D eigenvalue weighted by Gasteiger charge is 2.38. The number of nitrogens with one attached hydrogen (secondary N) is 2. The Morgan fingerprint density at radius 1 is 1.03 bits per heavy atom. The molecule has 2 fully saturated rings. The van der Waals surface area contributed by atoms with Crippen molar-refractivity contribution in [1.82, 2.24) is 20.1 Å². The summed E-state index contributed by atoms with van der Waals surface area (Å²) in [7, 11) is 3.98. The van der Waals surface area contributed by atoms with Crippen LogP contribution in [0.4, 0.5) is 23.0 Å². The van der Waals surface area contributed by atoms with Crippen LogP contribution in [0.3, 0.4) is 0 Å². The van der Waals surface area contributed by atoms with E-state index in [1.807, 2.05) is 50.4 Å². The summed E-state index contributed by atoms with van der Waals surface area (Å²) >= 11 is 0. The Morgan fingerprint density at radius 2 is 1.79 bits per heavy atom. The number of carbonyl (C=O) groups excluding carboxylic acids is 2. The molecule has 0 unspecified atom stereocenters. The van der Waals surface area contributed by atoms with Crippen molar-refractivity contribution in [2.45, 2.75) is 51.1 Å². The maximum absolute atomic E-state index is 13.0. The zero-order valence-corrected chi connectivity index (χ0v) is 22.9. The predicted molar refractivity (Wildman–Crippen MR) is 152 cm³/mol. The highest BCUT2D eigenvalue weighted by molar-refractivity contribution is 6.04. The molecule has 2 N–H and O–H groups in total. The lowest BCUT2D eigenvalue weighted by molar-refractivity contribution is -0.119. The number of carbonyl (C=O) groups is 2. The molecule has 5 rings (SSSR count). The molecule has 204 valence electrons. The van der Waals surface area contributed by atoms with Crippen LogP contribution in [0.15, 0.2) is 36.4 Å². The van der Waals surface area contributed by atoms with Gasteiger partial charge in [0, 0.05) is 63.6 Å². The molecule has 3 aliphatic rings. The number of fused-ring (bicyclic) bond motifs is 1. The summed E-state index contributed by atoms with van der Waals surface area (Å²) in [6.45, 7) is 7.72. The Morgan fingerprint density at radius 3 is 2.55 bits per heavy atom. The van der Waals surface area contributed by atoms with Gasteiger partial charge in [-0.05, 0) is 57.1 Å². The van der Waals surface area contributed by atoms with Crippen LogP contribution < -0.4 is 20.4 Å². The van der Waals surface area contributed by atoms with Gasteiger partial charge in [0.05, 0.1) is 5.69 Å². The second kappa shape index (κ2) is 11.7. The van der Waals surface area contributed by atoms with E-state index in [9.17, 15) is 9.59 Å². The largest absolute Gasteiger partial charge is 0.351 e. The van der Waals surface area contributed by atoms with Crippen LogP contribution in [0.25, 0.3) is 0 Å². The molecule has 1 atom stereocenters. The summed E-state index contributed by atoms with van der Waals surface area (Å²) in [6, 6.07) is 11.5. The van der Waals surface area contributed by atoms with Gasteiger partial charge in [0.1, 0.15) is 11.9 Å². The minimum atomic E-state index is -0.240. The third kappa shape index (κ3) is 5.78. The standard InChI is InChI=1S/C29H41N7O2/c1-21-29(38)34(3)25-12-13-26(32-27(25)36(21)24-10-5-4-6-11-24)31-23-9-7-8-22(20-23)28(37)30-14-15-35-18-16-33(2)17-19-35/h7-9,12-13,20-21,24H,4-6,10-11,14-19H2,1-3H3,(H,30,37)(H,31,32)/t21-/m1/s1. The summed E-state index contributed by atoms with van der Waals surface area (Å²) in [6.07, 6.45) is 5.82. The SMILES string of the molecule is C[C@@H]1C(=O)N(C)c2ccc(Nc3cccc(C(=O)NCCN4CCN(C)CC4)c3)nc2N1C1CCCCC1. The van der Waals surface area contributed by atoms with Gasteiger partial charge < -0.3 is 25.3 Å². The summed E-state index contributed by atoms with van der Waals surface area (Å²) in [5, 5.41) is 6.46. The van der Waals surface area contributed by atoms with E-state index in [-0.39, 0.29) is 17.9 Å². The van der Waals surface area contributed by atoms with Crippen molar-refractivity contribution in [3.05, 3.63) is 42.0 Å². The molecule has 1 saturated carbocycles. The minimum Gasteiger partial charge on any atom is -0.351 e. The number of benzene rings is 1. The number of pyridine rings is 1. The Balaban J connectivity index is 1.27. The molecule has 1 aromatic heterocycles. The van der Waals surface area contributed by atoms with Gasteiger partial charge in [-0.2, -0.15) is 0 Å². The summed E-state index contributed by atoms with van der Waals surface area (Å²) in [5.41, 5.74) is 2.27. The van der Waals surface area contributed by atoms with Crippen LogP contribution in [0.1, 0.15) is 49.4 Å². The van der Waals surface area contributed by atoms with Crippen LogP contribution in [0.5, 0.6) is 0 Å². The average Bonchev–Trinajstić information content (AvgIpc) is 2.94. The maximum atomic E-state index is 13.0. The molecule has 1 aromatic carbocycles. The zero-order chi connectivity index (χ0) is 26.6. The highest BCUT2D eigenvalue weighted by Crippen LogP contribution is 2.39. The Labute approximate surface area is 226 Å². The van der Waals surface area contributed by atoms with Crippen LogP contribution in [0.2, 0.25) is 0 Å². The number of nitrogens with zero attached hydrogens (tertiary/aromatic N) is 5. The number of aromatic nitrogens is 1.